The van der Waals surface area contributed by atoms with Crippen LogP contribution in [-0.2, 0) is 38.3 Å². The summed E-state index contributed by atoms with van der Waals surface area (Å²) in [4.78, 5) is 13.0. The van der Waals surface area contributed by atoms with Crippen LogP contribution >= 0.6 is 0 Å². The Morgan fingerprint density at radius 1 is 0.542 bits per heavy atom. The maximum atomic E-state index is 13.0. The maximum absolute atomic E-state index is 13.0. The summed E-state index contributed by atoms with van der Waals surface area (Å²) in [5, 5.41) is 30.8. The molecule has 12 nitrogen and oxygen atoms in total. The van der Waals surface area contributed by atoms with E-state index in [1.165, 1.54) is 148 Å². The van der Waals surface area contributed by atoms with Crippen molar-refractivity contribution in [1.82, 2.24) is 0 Å². The van der Waals surface area contributed by atoms with E-state index in [1.54, 1.807) is 0 Å². The summed E-state index contributed by atoms with van der Waals surface area (Å²) in [6.45, 7) is 3.91. The second kappa shape index (κ2) is 49.7. The molecule has 1 heterocycles. The van der Waals surface area contributed by atoms with Crippen LogP contribution in [-0.4, -0.2) is 97.5 Å². The topological polar surface area (TPSA) is 178 Å². The zero-order chi connectivity index (χ0) is 52.4. The van der Waals surface area contributed by atoms with E-state index < -0.39 is 59.8 Å². The van der Waals surface area contributed by atoms with Crippen LogP contribution in [0.25, 0.3) is 0 Å². The molecule has 0 aromatic heterocycles. The van der Waals surface area contributed by atoms with Crippen molar-refractivity contribution >= 4 is 16.4 Å². The van der Waals surface area contributed by atoms with E-state index in [4.69, 9.17) is 18.9 Å². The summed E-state index contributed by atoms with van der Waals surface area (Å²) < 4.78 is 59.4. The van der Waals surface area contributed by atoms with Gasteiger partial charge >= 0.3 is 16.4 Å². The van der Waals surface area contributed by atoms with Crippen LogP contribution in [0, 0.1) is 0 Å². The van der Waals surface area contributed by atoms with Crippen LogP contribution in [0.2, 0.25) is 0 Å². The highest BCUT2D eigenvalue weighted by molar-refractivity contribution is 7.80. The minimum absolute atomic E-state index is 0.0328. The minimum Gasteiger partial charge on any atom is -0.457 e. The second-order valence-electron chi connectivity index (χ2n) is 19.8. The van der Waals surface area contributed by atoms with E-state index in [1.807, 2.05) is 0 Å². The molecular weight excluding hydrogens is 933 g/mol. The number of unbranched alkanes of at least 4 members (excludes halogenated alkanes) is 28. The summed E-state index contributed by atoms with van der Waals surface area (Å²) in [6, 6.07) is 0. The molecule has 1 rings (SSSR count). The average molecular weight is 1040 g/mol. The fraction of sp³-hybridized carbons (Fsp3) is 0.814. The van der Waals surface area contributed by atoms with Gasteiger partial charge < -0.3 is 34.3 Å². The number of aliphatic hydroxyl groups excluding tert-OH is 3. The lowest BCUT2D eigenvalue weighted by Crippen LogP contribution is -2.60. The Balaban J connectivity index is 2.30. The predicted molar refractivity (Wildman–Crippen MR) is 294 cm³/mol. The number of rotatable bonds is 51. The smallest absolute Gasteiger partial charge is 0.397 e. The van der Waals surface area contributed by atoms with E-state index in [2.05, 4.69) is 78.8 Å². The maximum Gasteiger partial charge on any atom is 0.397 e. The van der Waals surface area contributed by atoms with Crippen LogP contribution in [0.1, 0.15) is 245 Å². The number of allylic oxidation sites excluding steroid dienone is 10. The summed E-state index contributed by atoms with van der Waals surface area (Å²) in [6.07, 6.45) is 55.4. The summed E-state index contributed by atoms with van der Waals surface area (Å²) in [7, 11) is -5.07. The first-order valence-corrected chi connectivity index (χ1v) is 30.4. The molecule has 0 saturated carbocycles. The summed E-state index contributed by atoms with van der Waals surface area (Å²) in [5.41, 5.74) is 0. The summed E-state index contributed by atoms with van der Waals surface area (Å²) in [5.74, 6) is -0.403. The molecule has 0 amide bonds. The SMILES string of the molecule is CC/C=C\C/C=C\C/C=C\C/C=C\CCCCCCCCCCCCC(=O)OC(COCCCCCCCCCCCC/C=C\CCCCCCCCCC)COC1OC(CO)C(O)C(OS(=O)(=O)O)C1O. The van der Waals surface area contributed by atoms with Crippen molar-refractivity contribution in [3.8, 4) is 0 Å². The van der Waals surface area contributed by atoms with Gasteiger partial charge in [-0.3, -0.25) is 9.35 Å². The number of aliphatic hydroxyl groups is 3. The average Bonchev–Trinajstić information content (AvgIpc) is 3.36. The molecule has 0 spiro atoms. The van der Waals surface area contributed by atoms with E-state index in [9.17, 15) is 33.1 Å². The predicted octanol–water partition coefficient (Wildman–Crippen LogP) is 14.4. The molecule has 1 fully saturated rings. The van der Waals surface area contributed by atoms with Crippen molar-refractivity contribution in [2.45, 2.75) is 282 Å². The van der Waals surface area contributed by atoms with Crippen molar-refractivity contribution in [2.75, 3.05) is 26.4 Å². The Morgan fingerprint density at radius 2 is 0.958 bits per heavy atom. The minimum atomic E-state index is -5.07. The molecule has 6 unspecified atom stereocenters. The molecule has 1 saturated heterocycles. The van der Waals surface area contributed by atoms with Crippen molar-refractivity contribution in [3.05, 3.63) is 60.8 Å². The lowest BCUT2D eigenvalue weighted by molar-refractivity contribution is -0.301. The standard InChI is InChI=1S/C59H106O12S/c1-3-5-7-9-11-13-15-17-19-21-23-25-27-28-30-32-34-36-38-40-42-44-46-48-55(61)69-53(52-68-59-57(63)58(71-72(64,65)66)56(62)54(50-60)70-59)51-67-49-47-45-43-41-39-37-35-33-31-29-26-24-22-20-18-16-14-12-10-8-6-4-2/h5,7,11,13,17,19,22-25,53-54,56-60,62-63H,3-4,6,8-10,12,14-16,18,20-21,26-52H2,1-2H3,(H,64,65,66)/b7-5-,13-11-,19-17-,24-22-,25-23-. The zero-order valence-corrected chi connectivity index (χ0v) is 46.3. The van der Waals surface area contributed by atoms with Crippen LogP contribution in [0.5, 0.6) is 0 Å². The van der Waals surface area contributed by atoms with E-state index in [-0.39, 0.29) is 19.6 Å². The van der Waals surface area contributed by atoms with Crippen molar-refractivity contribution in [1.29, 1.82) is 0 Å². The van der Waals surface area contributed by atoms with Crippen LogP contribution in [0.4, 0.5) is 0 Å². The number of hydrogen-bond donors (Lipinski definition) is 4. The number of carbonyl (C=O) groups excluding carboxylic acids is 1. The second-order valence-corrected chi connectivity index (χ2v) is 20.9. The van der Waals surface area contributed by atoms with Gasteiger partial charge in [0.25, 0.3) is 0 Å². The van der Waals surface area contributed by atoms with Gasteiger partial charge in [-0.15, -0.1) is 0 Å². The molecule has 0 aromatic carbocycles. The fourth-order valence-electron chi connectivity index (χ4n) is 8.78. The Morgan fingerprint density at radius 3 is 1.42 bits per heavy atom. The third kappa shape index (κ3) is 42.1. The molecule has 0 aliphatic carbocycles. The van der Waals surface area contributed by atoms with Gasteiger partial charge in [0, 0.05) is 13.0 Å². The highest BCUT2D eigenvalue weighted by Crippen LogP contribution is 2.26. The first-order chi connectivity index (χ1) is 35.1. The molecule has 420 valence electrons. The Bertz CT molecular complexity index is 1480. The molecule has 0 aromatic rings. The van der Waals surface area contributed by atoms with Gasteiger partial charge in [0.05, 0.1) is 19.8 Å². The molecule has 1 aliphatic rings. The van der Waals surface area contributed by atoms with Crippen LogP contribution < -0.4 is 0 Å². The molecule has 0 radical (unpaired) electrons. The molecule has 1 aliphatic heterocycles. The van der Waals surface area contributed by atoms with Gasteiger partial charge in [-0.1, -0.05) is 222 Å². The van der Waals surface area contributed by atoms with E-state index in [0.717, 1.165) is 70.6 Å². The lowest BCUT2D eigenvalue weighted by Gasteiger charge is -2.41. The molecular formula is C59H106O12S. The number of carbonyl (C=O) groups is 1. The lowest BCUT2D eigenvalue weighted by atomic mass is 9.99. The van der Waals surface area contributed by atoms with Crippen LogP contribution in [0.3, 0.4) is 0 Å². The fourth-order valence-corrected chi connectivity index (χ4v) is 9.29. The molecule has 13 heteroatoms. The van der Waals surface area contributed by atoms with Gasteiger partial charge in [0.15, 0.2) is 6.29 Å². The Labute approximate surface area is 439 Å². The first-order valence-electron chi connectivity index (χ1n) is 29.0. The van der Waals surface area contributed by atoms with E-state index >= 15 is 0 Å². The quantitative estimate of drug-likeness (QED) is 0.0196. The molecule has 72 heavy (non-hydrogen) atoms. The largest absolute Gasteiger partial charge is 0.457 e. The summed E-state index contributed by atoms with van der Waals surface area (Å²) >= 11 is 0. The van der Waals surface area contributed by atoms with Gasteiger partial charge in [-0.2, -0.15) is 8.42 Å². The van der Waals surface area contributed by atoms with Gasteiger partial charge in [0.2, 0.25) is 0 Å². The number of esters is 1. The Hall–Kier alpha value is -2.20. The van der Waals surface area contributed by atoms with Gasteiger partial charge in [-0.25, -0.2) is 4.18 Å². The van der Waals surface area contributed by atoms with Crippen molar-refractivity contribution < 1.29 is 56.2 Å². The normalized spacial score (nSPS) is 19.3. The molecule has 0 bridgehead atoms. The van der Waals surface area contributed by atoms with Crippen molar-refractivity contribution in [2.24, 2.45) is 0 Å². The molecule has 6 atom stereocenters. The number of hydrogen-bond acceptors (Lipinski definition) is 11. The highest BCUT2D eigenvalue weighted by Gasteiger charge is 2.48. The highest BCUT2D eigenvalue weighted by atomic mass is 32.3. The first kappa shape index (κ1) is 67.8. The zero-order valence-electron chi connectivity index (χ0n) is 45.5. The van der Waals surface area contributed by atoms with Gasteiger partial charge in [-0.05, 0) is 77.0 Å². The van der Waals surface area contributed by atoms with Gasteiger partial charge in [0.1, 0.15) is 30.5 Å². The third-order valence-corrected chi connectivity index (χ3v) is 13.6. The van der Waals surface area contributed by atoms with E-state index in [0.29, 0.717) is 13.0 Å². The molecule has 4 N–H and O–H groups in total. The third-order valence-electron chi connectivity index (χ3n) is 13.1. The van der Waals surface area contributed by atoms with Crippen LogP contribution in [0.15, 0.2) is 60.8 Å². The monoisotopic (exact) mass is 1040 g/mol. The number of ether oxygens (including phenoxy) is 4. The Kier molecular flexibility index (Phi) is 46.8. The van der Waals surface area contributed by atoms with Crippen molar-refractivity contribution in [3.63, 3.8) is 0 Å².